The van der Waals surface area contributed by atoms with Gasteiger partial charge < -0.3 is 0 Å². The lowest BCUT2D eigenvalue weighted by Gasteiger charge is -2.10. The summed E-state index contributed by atoms with van der Waals surface area (Å²) < 4.78 is 0. The van der Waals surface area contributed by atoms with Crippen LogP contribution in [0.4, 0.5) is 0 Å². The van der Waals surface area contributed by atoms with Crippen molar-refractivity contribution < 1.29 is 0 Å². The molecule has 1 radical (unpaired) electrons. The van der Waals surface area contributed by atoms with Gasteiger partial charge in [0.05, 0.1) is 0 Å². The molecule has 0 aromatic heterocycles. The van der Waals surface area contributed by atoms with Crippen LogP contribution in [0.1, 0.15) is 80.1 Å². The highest BCUT2D eigenvalue weighted by Gasteiger charge is 2.06. The maximum Gasteiger partial charge on any atom is 0.131 e. The summed E-state index contributed by atoms with van der Waals surface area (Å²) in [5.74, 6) is 0. The van der Waals surface area contributed by atoms with Crippen molar-refractivity contribution in [2.24, 2.45) is 0 Å². The van der Waals surface area contributed by atoms with Crippen molar-refractivity contribution in [3.8, 4) is 0 Å². The summed E-state index contributed by atoms with van der Waals surface area (Å²) in [6, 6.07) is 0. The first kappa shape index (κ1) is 18.4. The maximum atomic E-state index is 2.58. The molecule has 0 heterocycles. The number of hydrogen-bond acceptors (Lipinski definition) is 0. The third-order valence-electron chi connectivity index (χ3n) is 3.84. The second-order valence-corrected chi connectivity index (χ2v) is 6.90. The van der Waals surface area contributed by atoms with E-state index in [1.165, 1.54) is 38.5 Å². The Labute approximate surface area is 123 Å². The molecule has 0 atom stereocenters. The summed E-state index contributed by atoms with van der Waals surface area (Å²) >= 11 is 0. The smallest absolute Gasteiger partial charge is 0.0890 e. The van der Waals surface area contributed by atoms with Crippen LogP contribution in [-0.2, 0) is 0 Å². The van der Waals surface area contributed by atoms with Crippen LogP contribution in [0.3, 0.4) is 0 Å². The van der Waals surface area contributed by atoms with Crippen LogP contribution in [0.25, 0.3) is 0 Å². The summed E-state index contributed by atoms with van der Waals surface area (Å²) in [5.41, 5.74) is 12.6. The first-order chi connectivity index (χ1) is 9.14. The SMILES string of the molecule is CCC(=C[Si](C=C(CC)CC)C=C(CC)CC)CC. The van der Waals surface area contributed by atoms with E-state index < -0.39 is 8.80 Å². The van der Waals surface area contributed by atoms with Crippen LogP contribution in [0.2, 0.25) is 0 Å². The highest BCUT2D eigenvalue weighted by molar-refractivity contribution is 6.74. The number of hydrogen-bond donors (Lipinski definition) is 0. The lowest BCUT2D eigenvalue weighted by molar-refractivity contribution is 0.973. The largest absolute Gasteiger partial charge is 0.131 e. The van der Waals surface area contributed by atoms with Gasteiger partial charge >= 0.3 is 0 Å². The molecule has 0 bridgehead atoms. The van der Waals surface area contributed by atoms with Crippen LogP contribution >= 0.6 is 0 Å². The monoisotopic (exact) mass is 277 g/mol. The normalized spacial score (nSPS) is 10.3. The average Bonchev–Trinajstić information content (AvgIpc) is 2.46. The molecular formula is C18H33Si. The van der Waals surface area contributed by atoms with E-state index in [4.69, 9.17) is 0 Å². The van der Waals surface area contributed by atoms with E-state index in [-0.39, 0.29) is 0 Å². The van der Waals surface area contributed by atoms with Crippen molar-refractivity contribution in [2.45, 2.75) is 80.1 Å². The lowest BCUT2D eigenvalue weighted by Crippen LogP contribution is -2.07. The Bertz CT molecular complexity index is 250. The minimum absolute atomic E-state index is 0.600. The predicted octanol–water partition coefficient (Wildman–Crippen LogP) is 6.34. The molecule has 0 spiro atoms. The highest BCUT2D eigenvalue weighted by atomic mass is 28.3. The lowest BCUT2D eigenvalue weighted by atomic mass is 10.2. The molecule has 0 fully saturated rings. The van der Waals surface area contributed by atoms with Crippen LogP contribution in [-0.4, -0.2) is 8.80 Å². The zero-order valence-electron chi connectivity index (χ0n) is 14.0. The molecule has 0 nitrogen and oxygen atoms in total. The summed E-state index contributed by atoms with van der Waals surface area (Å²) in [5, 5.41) is 0. The summed E-state index contributed by atoms with van der Waals surface area (Å²) in [6.45, 7) is 13.7. The predicted molar refractivity (Wildman–Crippen MR) is 91.7 cm³/mol. The van der Waals surface area contributed by atoms with Crippen LogP contribution < -0.4 is 0 Å². The highest BCUT2D eigenvalue weighted by Crippen LogP contribution is 2.15. The Balaban J connectivity index is 5.30. The van der Waals surface area contributed by atoms with Gasteiger partial charge in [-0.25, -0.2) is 0 Å². The first-order valence-corrected chi connectivity index (χ1v) is 9.83. The van der Waals surface area contributed by atoms with E-state index in [1.807, 2.05) is 0 Å². The van der Waals surface area contributed by atoms with Crippen molar-refractivity contribution >= 4 is 8.80 Å². The minimum Gasteiger partial charge on any atom is -0.0890 e. The van der Waals surface area contributed by atoms with Gasteiger partial charge in [-0.15, -0.1) is 0 Å². The van der Waals surface area contributed by atoms with Gasteiger partial charge in [0.15, 0.2) is 0 Å². The molecule has 0 aromatic carbocycles. The molecule has 0 unspecified atom stereocenters. The van der Waals surface area contributed by atoms with E-state index in [9.17, 15) is 0 Å². The molecule has 1 heteroatoms. The fraction of sp³-hybridized carbons (Fsp3) is 0.667. The molecule has 0 saturated carbocycles. The van der Waals surface area contributed by atoms with Crippen LogP contribution in [0.15, 0.2) is 33.8 Å². The van der Waals surface area contributed by atoms with E-state index >= 15 is 0 Å². The first-order valence-electron chi connectivity index (χ1n) is 8.10. The van der Waals surface area contributed by atoms with Crippen LogP contribution in [0.5, 0.6) is 0 Å². The Morgan fingerprint density at radius 1 is 0.526 bits per heavy atom. The molecule has 19 heavy (non-hydrogen) atoms. The molecule has 0 amide bonds. The average molecular weight is 278 g/mol. The van der Waals surface area contributed by atoms with Gasteiger partial charge in [-0.2, -0.15) is 0 Å². The molecule has 0 saturated heterocycles. The fourth-order valence-corrected chi connectivity index (χ4v) is 5.08. The Morgan fingerprint density at radius 2 is 0.737 bits per heavy atom. The third-order valence-corrected chi connectivity index (χ3v) is 6.06. The Hall–Kier alpha value is -0.563. The molecular weight excluding hydrogens is 244 g/mol. The topological polar surface area (TPSA) is 0 Å². The van der Waals surface area contributed by atoms with Gasteiger partial charge in [-0.3, -0.25) is 0 Å². The molecule has 0 aromatic rings. The second-order valence-electron chi connectivity index (χ2n) is 5.03. The van der Waals surface area contributed by atoms with Gasteiger partial charge in [0, 0.05) is 0 Å². The zero-order valence-corrected chi connectivity index (χ0v) is 15.0. The van der Waals surface area contributed by atoms with Crippen LogP contribution in [0, 0.1) is 0 Å². The Kier molecular flexibility index (Phi) is 10.9. The summed E-state index contributed by atoms with van der Waals surface area (Å²) in [4.78, 5) is 0. The van der Waals surface area contributed by atoms with E-state index in [2.05, 4.69) is 58.6 Å². The second kappa shape index (κ2) is 11.3. The number of rotatable bonds is 9. The summed E-state index contributed by atoms with van der Waals surface area (Å²) in [6.07, 6.45) is 7.21. The minimum atomic E-state index is -0.600. The van der Waals surface area contributed by atoms with Gasteiger partial charge in [-0.05, 0) is 38.5 Å². The Morgan fingerprint density at radius 3 is 0.895 bits per heavy atom. The molecule has 0 N–H and O–H groups in total. The zero-order chi connectivity index (χ0) is 14.7. The summed E-state index contributed by atoms with van der Waals surface area (Å²) in [7, 11) is -0.600. The molecule has 0 rings (SSSR count). The maximum absolute atomic E-state index is 2.58. The van der Waals surface area contributed by atoms with Crippen molar-refractivity contribution in [1.82, 2.24) is 0 Å². The van der Waals surface area contributed by atoms with Gasteiger partial charge in [-0.1, -0.05) is 75.4 Å². The van der Waals surface area contributed by atoms with Crippen molar-refractivity contribution in [3.05, 3.63) is 33.8 Å². The van der Waals surface area contributed by atoms with Crippen molar-refractivity contribution in [2.75, 3.05) is 0 Å². The third kappa shape index (κ3) is 7.56. The quantitative estimate of drug-likeness (QED) is 0.431. The van der Waals surface area contributed by atoms with E-state index in [0.29, 0.717) is 0 Å². The molecule has 0 aliphatic heterocycles. The van der Waals surface area contributed by atoms with Gasteiger partial charge in [0.2, 0.25) is 0 Å². The molecule has 109 valence electrons. The fourth-order valence-electron chi connectivity index (χ4n) is 2.19. The van der Waals surface area contributed by atoms with Crippen molar-refractivity contribution in [1.29, 1.82) is 0 Å². The van der Waals surface area contributed by atoms with Crippen molar-refractivity contribution in [3.63, 3.8) is 0 Å². The van der Waals surface area contributed by atoms with E-state index in [1.54, 1.807) is 16.7 Å². The number of allylic oxidation sites excluding steroid dienone is 3. The standard InChI is InChI=1S/C18H33Si/c1-7-16(8-2)13-19(14-17(9-3)10-4)15-18(11-5)12-6/h13-15H,7-12H2,1-6H3. The molecule has 0 aliphatic rings. The molecule has 0 aliphatic carbocycles. The van der Waals surface area contributed by atoms with Gasteiger partial charge in [0.1, 0.15) is 8.80 Å². The van der Waals surface area contributed by atoms with E-state index in [0.717, 1.165) is 0 Å². The van der Waals surface area contributed by atoms with Gasteiger partial charge in [0.25, 0.3) is 0 Å².